The molecule has 0 saturated carbocycles. The largest absolute Gasteiger partial charge is 0.472 e. The van der Waals surface area contributed by atoms with Crippen LogP contribution in [0.2, 0.25) is 0 Å². The lowest BCUT2D eigenvalue weighted by molar-refractivity contribution is 0.0868. The van der Waals surface area contributed by atoms with Crippen LogP contribution < -0.4 is 10.1 Å². The number of fused-ring (bicyclic) bond motifs is 3. The first-order valence-corrected chi connectivity index (χ1v) is 7.15. The first-order chi connectivity index (χ1) is 9.38. The molecule has 1 aromatic carbocycles. The summed E-state index contributed by atoms with van der Waals surface area (Å²) in [6.45, 7) is 0. The monoisotopic (exact) mass is 258 g/mol. The van der Waals surface area contributed by atoms with Crippen LogP contribution in [0, 0.1) is 0 Å². The Morgan fingerprint density at radius 2 is 1.95 bits per heavy atom. The molecule has 100 valence electrons. The second kappa shape index (κ2) is 4.53. The predicted molar refractivity (Wildman–Crippen MR) is 72.2 cm³/mol. The second-order valence-corrected chi connectivity index (χ2v) is 5.69. The van der Waals surface area contributed by atoms with Crippen molar-refractivity contribution in [1.29, 1.82) is 0 Å². The number of piperidine rings is 2. The van der Waals surface area contributed by atoms with Crippen LogP contribution in [0.25, 0.3) is 11.0 Å². The minimum Gasteiger partial charge on any atom is -0.472 e. The van der Waals surface area contributed by atoms with Gasteiger partial charge in [0.25, 0.3) is 5.88 Å². The molecule has 0 amide bonds. The molecule has 2 aromatic rings. The highest BCUT2D eigenvalue weighted by molar-refractivity contribution is 5.81. The van der Waals surface area contributed by atoms with E-state index in [0.717, 1.165) is 23.8 Å². The maximum Gasteiger partial charge on any atom is 0.262 e. The Labute approximate surface area is 112 Å². The number of aromatic nitrogens is 1. The van der Waals surface area contributed by atoms with Crippen molar-refractivity contribution in [2.45, 2.75) is 50.3 Å². The molecule has 4 nitrogen and oxygen atoms in total. The molecular weight excluding hydrogens is 240 g/mol. The van der Waals surface area contributed by atoms with E-state index in [9.17, 15) is 0 Å². The van der Waals surface area contributed by atoms with Crippen molar-refractivity contribution in [3.63, 3.8) is 0 Å². The molecule has 3 atom stereocenters. The Morgan fingerprint density at radius 1 is 1.16 bits per heavy atom. The summed E-state index contributed by atoms with van der Waals surface area (Å²) in [5.41, 5.74) is 0.798. The molecule has 1 unspecified atom stereocenters. The van der Waals surface area contributed by atoms with E-state index in [2.05, 4.69) is 10.5 Å². The maximum atomic E-state index is 6.10. The van der Waals surface area contributed by atoms with Crippen molar-refractivity contribution in [3.05, 3.63) is 24.3 Å². The normalized spacial score (nSPS) is 30.4. The Kier molecular flexibility index (Phi) is 2.69. The summed E-state index contributed by atoms with van der Waals surface area (Å²) in [7, 11) is 0. The highest BCUT2D eigenvalue weighted by Crippen LogP contribution is 2.31. The van der Waals surface area contributed by atoms with Gasteiger partial charge in [-0.3, -0.25) is 0 Å². The molecule has 4 rings (SSSR count). The molecule has 1 N–H and O–H groups in total. The van der Waals surface area contributed by atoms with Crippen LogP contribution in [0.15, 0.2) is 28.8 Å². The number of nitrogens with one attached hydrogen (secondary N) is 1. The van der Waals surface area contributed by atoms with Crippen molar-refractivity contribution in [2.24, 2.45) is 0 Å². The van der Waals surface area contributed by atoms with Gasteiger partial charge in [0, 0.05) is 12.1 Å². The molecule has 4 heteroatoms. The van der Waals surface area contributed by atoms with E-state index in [1.165, 1.54) is 19.3 Å². The number of benzene rings is 1. The van der Waals surface area contributed by atoms with Crippen LogP contribution in [-0.4, -0.2) is 23.3 Å². The van der Waals surface area contributed by atoms with E-state index in [4.69, 9.17) is 9.26 Å². The number of para-hydroxylation sites is 1. The van der Waals surface area contributed by atoms with Gasteiger partial charge in [0.2, 0.25) is 0 Å². The summed E-state index contributed by atoms with van der Waals surface area (Å²) in [6.07, 6.45) is 6.33. The van der Waals surface area contributed by atoms with E-state index in [0.29, 0.717) is 18.0 Å². The molecule has 2 aliphatic heterocycles. The van der Waals surface area contributed by atoms with Crippen molar-refractivity contribution in [2.75, 3.05) is 0 Å². The molecule has 1 aromatic heterocycles. The quantitative estimate of drug-likeness (QED) is 0.899. The third-order valence-electron chi connectivity index (χ3n) is 4.29. The van der Waals surface area contributed by atoms with Gasteiger partial charge in [0.15, 0.2) is 5.58 Å². The van der Waals surface area contributed by atoms with Crippen LogP contribution in [0.4, 0.5) is 0 Å². The average Bonchev–Trinajstić information content (AvgIpc) is 2.82. The lowest BCUT2D eigenvalue weighted by Gasteiger charge is -2.39. The smallest absolute Gasteiger partial charge is 0.262 e. The molecule has 19 heavy (non-hydrogen) atoms. The Balaban J connectivity index is 1.55. The minimum absolute atomic E-state index is 0.269. The maximum absolute atomic E-state index is 6.10. The molecule has 3 heterocycles. The molecular formula is C15H18N2O2. The Morgan fingerprint density at radius 3 is 2.79 bits per heavy atom. The Bertz CT molecular complexity index is 568. The van der Waals surface area contributed by atoms with E-state index < -0.39 is 0 Å². The topological polar surface area (TPSA) is 47.3 Å². The predicted octanol–water partition coefficient (Wildman–Crippen LogP) is 2.88. The number of hydrogen-bond acceptors (Lipinski definition) is 4. The van der Waals surface area contributed by atoms with Gasteiger partial charge in [-0.15, -0.1) is 0 Å². The van der Waals surface area contributed by atoms with Crippen LogP contribution in [-0.2, 0) is 0 Å². The van der Waals surface area contributed by atoms with Crippen LogP contribution in [0.5, 0.6) is 5.88 Å². The van der Waals surface area contributed by atoms with Crippen molar-refractivity contribution >= 4 is 11.0 Å². The first kappa shape index (κ1) is 11.3. The fourth-order valence-corrected chi connectivity index (χ4v) is 3.42. The number of ether oxygens (including phenoxy) is 1. The number of rotatable bonds is 2. The highest BCUT2D eigenvalue weighted by atomic mass is 16.5. The molecule has 2 bridgehead atoms. The molecule has 2 aliphatic rings. The van der Waals surface area contributed by atoms with Crippen molar-refractivity contribution in [3.8, 4) is 5.88 Å². The summed E-state index contributed by atoms with van der Waals surface area (Å²) < 4.78 is 11.4. The molecule has 0 aliphatic carbocycles. The van der Waals surface area contributed by atoms with Crippen molar-refractivity contribution in [1.82, 2.24) is 10.5 Å². The molecule has 2 fully saturated rings. The number of hydrogen-bond donors (Lipinski definition) is 1. The second-order valence-electron chi connectivity index (χ2n) is 5.69. The Hall–Kier alpha value is -1.55. The van der Waals surface area contributed by atoms with Crippen molar-refractivity contribution < 1.29 is 9.26 Å². The third-order valence-corrected chi connectivity index (χ3v) is 4.29. The summed E-state index contributed by atoms with van der Waals surface area (Å²) in [4.78, 5) is 0. The molecule has 0 radical (unpaired) electrons. The van der Waals surface area contributed by atoms with Crippen LogP contribution >= 0.6 is 0 Å². The van der Waals surface area contributed by atoms with Gasteiger partial charge >= 0.3 is 0 Å². The van der Waals surface area contributed by atoms with E-state index in [1.54, 1.807) is 0 Å². The van der Waals surface area contributed by atoms with Gasteiger partial charge in [-0.2, -0.15) is 0 Å². The first-order valence-electron chi connectivity index (χ1n) is 7.15. The van der Waals surface area contributed by atoms with Gasteiger partial charge in [0.1, 0.15) is 6.10 Å². The SMILES string of the molecule is c1ccc2c(OC3C[C@H]4CCC[C@@H](C3)N4)noc2c1. The van der Waals surface area contributed by atoms with Gasteiger partial charge in [-0.05, 0) is 43.0 Å². The summed E-state index contributed by atoms with van der Waals surface area (Å²) >= 11 is 0. The molecule has 2 saturated heterocycles. The zero-order valence-corrected chi connectivity index (χ0v) is 10.8. The van der Waals surface area contributed by atoms with Gasteiger partial charge in [-0.1, -0.05) is 18.6 Å². The number of nitrogens with zero attached hydrogens (tertiary/aromatic N) is 1. The molecule has 0 spiro atoms. The zero-order chi connectivity index (χ0) is 12.7. The minimum atomic E-state index is 0.269. The van der Waals surface area contributed by atoms with E-state index in [-0.39, 0.29) is 6.10 Å². The highest BCUT2D eigenvalue weighted by Gasteiger charge is 2.32. The van der Waals surface area contributed by atoms with Crippen LogP contribution in [0.1, 0.15) is 32.1 Å². The fraction of sp³-hybridized carbons (Fsp3) is 0.533. The van der Waals surface area contributed by atoms with Gasteiger partial charge in [0.05, 0.1) is 5.39 Å². The summed E-state index contributed by atoms with van der Waals surface area (Å²) in [6, 6.07) is 9.11. The zero-order valence-electron chi connectivity index (χ0n) is 10.8. The average molecular weight is 258 g/mol. The third kappa shape index (κ3) is 2.10. The van der Waals surface area contributed by atoms with Gasteiger partial charge in [-0.25, -0.2) is 0 Å². The van der Waals surface area contributed by atoms with E-state index >= 15 is 0 Å². The van der Waals surface area contributed by atoms with E-state index in [1.807, 2.05) is 24.3 Å². The van der Waals surface area contributed by atoms with Gasteiger partial charge < -0.3 is 14.6 Å². The summed E-state index contributed by atoms with van der Waals surface area (Å²) in [5, 5.41) is 8.72. The standard InChI is InChI=1S/C15H18N2O2/c1-2-7-14-13(6-1)15(17-19-14)18-12-8-10-4-3-5-11(9-12)16-10/h1-2,6-7,10-12,16H,3-5,8-9H2/t10-,11+,12?. The fourth-order valence-electron chi connectivity index (χ4n) is 3.42. The summed E-state index contributed by atoms with van der Waals surface area (Å²) in [5.74, 6) is 0.653. The lowest BCUT2D eigenvalue weighted by atomic mass is 9.85. The lowest BCUT2D eigenvalue weighted by Crippen LogP contribution is -2.51. The van der Waals surface area contributed by atoms with Crippen LogP contribution in [0.3, 0.4) is 0 Å².